The van der Waals surface area contributed by atoms with Crippen LogP contribution in [0.5, 0.6) is 5.75 Å². The third kappa shape index (κ3) is 6.82. The van der Waals surface area contributed by atoms with Crippen molar-refractivity contribution < 1.29 is 19.4 Å². The highest BCUT2D eigenvalue weighted by atomic mass is 16.5. The number of carbonyl (C=O) groups excluding carboxylic acids is 1. The van der Waals surface area contributed by atoms with Crippen LogP contribution in [0, 0.1) is 0 Å². The molecule has 0 spiro atoms. The maximum Gasteiger partial charge on any atom is 0.326 e. The Morgan fingerprint density at radius 1 is 1.39 bits per heavy atom. The highest BCUT2D eigenvalue weighted by Gasteiger charge is 2.19. The first-order valence-corrected chi connectivity index (χ1v) is 7.45. The van der Waals surface area contributed by atoms with E-state index in [-0.39, 0.29) is 0 Å². The number of nitrogens with one attached hydrogen (secondary N) is 1. The Labute approximate surface area is 136 Å². The minimum Gasteiger partial charge on any atom is -0.490 e. The zero-order valence-corrected chi connectivity index (χ0v) is 13.5. The zero-order chi connectivity index (χ0) is 17.2. The molecule has 0 saturated carbocycles. The van der Waals surface area contributed by atoms with Crippen molar-refractivity contribution in [2.24, 2.45) is 0 Å². The fraction of sp³-hybridized carbons (Fsp3) is 0.333. The SMILES string of the molecule is C=CCCC(NC(=O)c1cccc(OCC=C(C)C)c1)C(=O)O. The number of carboxylic acid groups (broad SMARTS) is 1. The molecule has 0 radical (unpaired) electrons. The Morgan fingerprint density at radius 3 is 2.74 bits per heavy atom. The van der Waals surface area contributed by atoms with Gasteiger partial charge in [-0.15, -0.1) is 6.58 Å². The quantitative estimate of drug-likeness (QED) is 0.686. The van der Waals surface area contributed by atoms with E-state index in [0.29, 0.717) is 30.8 Å². The molecule has 5 nitrogen and oxygen atoms in total. The van der Waals surface area contributed by atoms with Gasteiger partial charge in [-0.3, -0.25) is 4.79 Å². The number of amides is 1. The first kappa shape index (κ1) is 18.5. The van der Waals surface area contributed by atoms with Crippen LogP contribution in [0.3, 0.4) is 0 Å². The maximum absolute atomic E-state index is 12.2. The second-order valence-corrected chi connectivity index (χ2v) is 5.35. The summed E-state index contributed by atoms with van der Waals surface area (Å²) in [5, 5.41) is 11.7. The lowest BCUT2D eigenvalue weighted by molar-refractivity contribution is -0.139. The molecule has 0 aliphatic rings. The molecule has 1 aromatic rings. The van der Waals surface area contributed by atoms with Crippen molar-refractivity contribution >= 4 is 11.9 Å². The lowest BCUT2D eigenvalue weighted by Crippen LogP contribution is -2.40. The van der Waals surface area contributed by atoms with Crippen LogP contribution in [-0.4, -0.2) is 29.6 Å². The molecule has 0 bridgehead atoms. The largest absolute Gasteiger partial charge is 0.490 e. The number of benzene rings is 1. The average molecular weight is 317 g/mol. The summed E-state index contributed by atoms with van der Waals surface area (Å²) in [5.41, 5.74) is 1.51. The third-order valence-corrected chi connectivity index (χ3v) is 3.10. The van der Waals surface area contributed by atoms with Crippen LogP contribution in [0.4, 0.5) is 0 Å². The zero-order valence-electron chi connectivity index (χ0n) is 13.5. The molecule has 1 unspecified atom stereocenters. The number of aliphatic carboxylic acids is 1. The number of ether oxygens (including phenoxy) is 1. The van der Waals surface area contributed by atoms with Gasteiger partial charge in [-0.1, -0.05) is 17.7 Å². The fourth-order valence-electron chi connectivity index (χ4n) is 1.82. The molecule has 124 valence electrons. The maximum atomic E-state index is 12.2. The highest BCUT2D eigenvalue weighted by molar-refractivity contribution is 5.96. The Bertz CT molecular complexity index is 588. The van der Waals surface area contributed by atoms with E-state index in [1.54, 1.807) is 30.3 Å². The topological polar surface area (TPSA) is 75.6 Å². The average Bonchev–Trinajstić information content (AvgIpc) is 2.50. The molecule has 1 rings (SSSR count). The molecule has 1 amide bonds. The molecule has 0 heterocycles. The summed E-state index contributed by atoms with van der Waals surface area (Å²) >= 11 is 0. The molecule has 0 aliphatic heterocycles. The first-order chi connectivity index (χ1) is 10.9. The molecular weight excluding hydrogens is 294 g/mol. The lowest BCUT2D eigenvalue weighted by Gasteiger charge is -2.14. The molecule has 5 heteroatoms. The van der Waals surface area contributed by atoms with E-state index in [2.05, 4.69) is 11.9 Å². The predicted molar refractivity (Wildman–Crippen MR) is 89.7 cm³/mol. The summed E-state index contributed by atoms with van der Waals surface area (Å²) in [6.07, 6.45) is 4.38. The predicted octanol–water partition coefficient (Wildman–Crippen LogP) is 3.18. The van der Waals surface area contributed by atoms with Crippen LogP contribution in [-0.2, 0) is 4.79 Å². The van der Waals surface area contributed by atoms with Crippen molar-refractivity contribution in [1.29, 1.82) is 0 Å². The Hall–Kier alpha value is -2.56. The smallest absolute Gasteiger partial charge is 0.326 e. The van der Waals surface area contributed by atoms with E-state index in [1.165, 1.54) is 0 Å². The van der Waals surface area contributed by atoms with Crippen molar-refractivity contribution in [1.82, 2.24) is 5.32 Å². The minimum atomic E-state index is -1.06. The van der Waals surface area contributed by atoms with Crippen LogP contribution in [0.1, 0.15) is 37.0 Å². The summed E-state index contributed by atoms with van der Waals surface area (Å²) in [4.78, 5) is 23.4. The molecule has 2 N–H and O–H groups in total. The standard InChI is InChI=1S/C18H23NO4/c1-4-5-9-16(18(21)22)19-17(20)14-7-6-8-15(12-14)23-11-10-13(2)3/h4,6-8,10,12,16H,1,5,9,11H2,2-3H3,(H,19,20)(H,21,22). The first-order valence-electron chi connectivity index (χ1n) is 7.45. The molecular formula is C18H23NO4. The number of carbonyl (C=O) groups is 2. The van der Waals surface area contributed by atoms with E-state index in [4.69, 9.17) is 9.84 Å². The van der Waals surface area contributed by atoms with Crippen LogP contribution in [0.25, 0.3) is 0 Å². The van der Waals surface area contributed by atoms with Crippen LogP contribution in [0.2, 0.25) is 0 Å². The van der Waals surface area contributed by atoms with E-state index < -0.39 is 17.9 Å². The van der Waals surface area contributed by atoms with Gasteiger partial charge in [-0.05, 0) is 51.0 Å². The normalized spacial score (nSPS) is 11.2. The van der Waals surface area contributed by atoms with E-state index in [1.807, 2.05) is 19.9 Å². The van der Waals surface area contributed by atoms with Crippen LogP contribution in [0.15, 0.2) is 48.6 Å². The molecule has 0 saturated heterocycles. The fourth-order valence-corrected chi connectivity index (χ4v) is 1.82. The molecule has 0 aromatic heterocycles. The van der Waals surface area contributed by atoms with Crippen molar-refractivity contribution in [2.45, 2.75) is 32.7 Å². The summed E-state index contributed by atoms with van der Waals surface area (Å²) in [6.45, 7) is 7.93. The third-order valence-electron chi connectivity index (χ3n) is 3.10. The Kier molecular flexibility index (Phi) is 7.60. The molecule has 0 aliphatic carbocycles. The summed E-state index contributed by atoms with van der Waals surface area (Å²) in [6, 6.07) is 5.74. The molecule has 1 atom stereocenters. The van der Waals surface area contributed by atoms with Crippen molar-refractivity contribution in [3.8, 4) is 5.75 Å². The van der Waals surface area contributed by atoms with Crippen molar-refractivity contribution in [3.05, 3.63) is 54.1 Å². The van der Waals surface area contributed by atoms with Gasteiger partial charge < -0.3 is 15.2 Å². The number of rotatable bonds is 9. The summed E-state index contributed by atoms with van der Waals surface area (Å²) in [7, 11) is 0. The van der Waals surface area contributed by atoms with E-state index >= 15 is 0 Å². The molecule has 23 heavy (non-hydrogen) atoms. The van der Waals surface area contributed by atoms with E-state index in [0.717, 1.165) is 5.57 Å². The van der Waals surface area contributed by atoms with Crippen molar-refractivity contribution in [2.75, 3.05) is 6.61 Å². The molecule has 1 aromatic carbocycles. The van der Waals surface area contributed by atoms with Gasteiger partial charge in [0, 0.05) is 5.56 Å². The highest BCUT2D eigenvalue weighted by Crippen LogP contribution is 2.14. The molecule has 0 fully saturated rings. The van der Waals surface area contributed by atoms with Gasteiger partial charge in [-0.2, -0.15) is 0 Å². The minimum absolute atomic E-state index is 0.307. The van der Waals surface area contributed by atoms with Gasteiger partial charge in [-0.25, -0.2) is 4.79 Å². The van der Waals surface area contributed by atoms with Crippen LogP contribution >= 0.6 is 0 Å². The number of carboxylic acids is 1. The van der Waals surface area contributed by atoms with E-state index in [9.17, 15) is 9.59 Å². The second-order valence-electron chi connectivity index (χ2n) is 5.35. The van der Waals surface area contributed by atoms with Gasteiger partial charge in [0.15, 0.2) is 0 Å². The number of allylic oxidation sites excluding steroid dienone is 2. The van der Waals surface area contributed by atoms with Crippen LogP contribution < -0.4 is 10.1 Å². The Morgan fingerprint density at radius 2 is 2.13 bits per heavy atom. The van der Waals surface area contributed by atoms with Gasteiger partial charge in [0.25, 0.3) is 5.91 Å². The van der Waals surface area contributed by atoms with Crippen molar-refractivity contribution in [3.63, 3.8) is 0 Å². The van der Waals surface area contributed by atoms with Gasteiger partial charge >= 0.3 is 5.97 Å². The van der Waals surface area contributed by atoms with Gasteiger partial charge in [0.2, 0.25) is 0 Å². The summed E-state index contributed by atoms with van der Waals surface area (Å²) in [5.74, 6) is -0.932. The second kappa shape index (κ2) is 9.46. The Balaban J connectivity index is 2.73. The number of hydrogen-bond acceptors (Lipinski definition) is 3. The lowest BCUT2D eigenvalue weighted by atomic mass is 10.1. The monoisotopic (exact) mass is 317 g/mol. The van der Waals surface area contributed by atoms with Gasteiger partial charge in [0.1, 0.15) is 18.4 Å². The number of hydrogen-bond donors (Lipinski definition) is 2. The summed E-state index contributed by atoms with van der Waals surface area (Å²) < 4.78 is 5.54. The van der Waals surface area contributed by atoms with Gasteiger partial charge in [0.05, 0.1) is 0 Å².